The van der Waals surface area contributed by atoms with Crippen molar-refractivity contribution in [1.82, 2.24) is 14.8 Å². The molecule has 20 heavy (non-hydrogen) atoms. The summed E-state index contributed by atoms with van der Waals surface area (Å²) in [6, 6.07) is 5.17. The molecule has 0 saturated heterocycles. The third-order valence-corrected chi connectivity index (χ3v) is 3.90. The van der Waals surface area contributed by atoms with E-state index < -0.39 is 9.05 Å². The summed E-state index contributed by atoms with van der Waals surface area (Å²) in [7, 11) is 5.82. The number of methoxy groups -OCH3 is 2. The minimum atomic E-state index is -3.97. The molecule has 0 aliphatic rings. The van der Waals surface area contributed by atoms with Crippen LogP contribution in [0.25, 0.3) is 11.4 Å². The van der Waals surface area contributed by atoms with Gasteiger partial charge in [-0.05, 0) is 12.1 Å². The van der Waals surface area contributed by atoms with Crippen LogP contribution in [-0.4, -0.2) is 37.4 Å². The van der Waals surface area contributed by atoms with Gasteiger partial charge >= 0.3 is 0 Å². The van der Waals surface area contributed by atoms with E-state index in [1.165, 1.54) is 25.8 Å². The molecule has 0 unspecified atom stereocenters. The molecular weight excluding hydrogens is 306 g/mol. The minimum absolute atomic E-state index is 0.306. The van der Waals surface area contributed by atoms with Gasteiger partial charge in [0.1, 0.15) is 0 Å². The normalized spacial score (nSPS) is 11.4. The van der Waals surface area contributed by atoms with Crippen molar-refractivity contribution >= 4 is 19.7 Å². The Balaban J connectivity index is 2.67. The molecule has 9 heteroatoms. The van der Waals surface area contributed by atoms with E-state index in [-0.39, 0.29) is 5.16 Å². The van der Waals surface area contributed by atoms with Gasteiger partial charge in [-0.1, -0.05) is 6.07 Å². The summed E-state index contributed by atoms with van der Waals surface area (Å²) in [5, 5.41) is 7.11. The molecule has 1 aromatic heterocycles. The average Bonchev–Trinajstić information content (AvgIpc) is 2.79. The molecule has 0 amide bonds. The number of nitrogens with zero attached hydrogens (tertiary/aromatic N) is 3. The monoisotopic (exact) mass is 317 g/mol. The molecule has 2 rings (SSSR count). The number of halogens is 1. The third-order valence-electron chi connectivity index (χ3n) is 2.70. The highest BCUT2D eigenvalue weighted by Crippen LogP contribution is 2.37. The lowest BCUT2D eigenvalue weighted by molar-refractivity contribution is 0.356. The van der Waals surface area contributed by atoms with E-state index in [0.717, 1.165) is 0 Å². The minimum Gasteiger partial charge on any atom is -0.493 e. The summed E-state index contributed by atoms with van der Waals surface area (Å²) in [4.78, 5) is 0. The van der Waals surface area contributed by atoms with Crippen molar-refractivity contribution in [2.75, 3.05) is 14.2 Å². The Bertz CT molecular complexity index is 742. The van der Waals surface area contributed by atoms with Crippen molar-refractivity contribution in [3.63, 3.8) is 0 Å². The first-order valence-electron chi connectivity index (χ1n) is 5.45. The van der Waals surface area contributed by atoms with Crippen LogP contribution in [0.2, 0.25) is 0 Å². The molecule has 0 atom stereocenters. The Kier molecular flexibility index (Phi) is 3.87. The van der Waals surface area contributed by atoms with E-state index in [2.05, 4.69) is 10.2 Å². The van der Waals surface area contributed by atoms with Crippen LogP contribution in [0, 0.1) is 0 Å². The van der Waals surface area contributed by atoms with Crippen LogP contribution < -0.4 is 9.47 Å². The van der Waals surface area contributed by atoms with Gasteiger partial charge in [-0.15, -0.1) is 10.2 Å². The van der Waals surface area contributed by atoms with Crippen LogP contribution in [0.15, 0.2) is 23.4 Å². The second-order valence-corrected chi connectivity index (χ2v) is 6.30. The van der Waals surface area contributed by atoms with E-state index >= 15 is 0 Å². The van der Waals surface area contributed by atoms with Gasteiger partial charge in [0.15, 0.2) is 17.3 Å². The van der Waals surface area contributed by atoms with Gasteiger partial charge in [-0.25, -0.2) is 8.42 Å². The number of hydrogen-bond acceptors (Lipinski definition) is 6. The Labute approximate surface area is 120 Å². The predicted octanol–water partition coefficient (Wildman–Crippen LogP) is 1.43. The first-order valence-corrected chi connectivity index (χ1v) is 7.76. The van der Waals surface area contributed by atoms with Crippen molar-refractivity contribution < 1.29 is 17.9 Å². The van der Waals surface area contributed by atoms with Gasteiger partial charge in [0, 0.05) is 17.7 Å². The summed E-state index contributed by atoms with van der Waals surface area (Å²) in [6.07, 6.45) is 0. The van der Waals surface area contributed by atoms with Crippen LogP contribution in [0.5, 0.6) is 11.5 Å². The molecule has 0 fully saturated rings. The summed E-state index contributed by atoms with van der Waals surface area (Å²) in [6.45, 7) is 0. The zero-order chi connectivity index (χ0) is 14.9. The fourth-order valence-corrected chi connectivity index (χ4v) is 2.78. The van der Waals surface area contributed by atoms with E-state index in [9.17, 15) is 8.42 Å². The molecular formula is C11H12ClN3O4S. The molecule has 2 aromatic rings. The molecule has 1 aromatic carbocycles. The number of para-hydroxylation sites is 1. The molecule has 0 radical (unpaired) electrons. The molecule has 0 saturated carbocycles. The number of aromatic nitrogens is 3. The number of rotatable bonds is 4. The Morgan fingerprint density at radius 3 is 2.40 bits per heavy atom. The smallest absolute Gasteiger partial charge is 0.296 e. The summed E-state index contributed by atoms with van der Waals surface area (Å²) in [5.74, 6) is 1.24. The molecule has 0 bridgehead atoms. The fourth-order valence-electron chi connectivity index (χ4n) is 1.82. The maximum Gasteiger partial charge on any atom is 0.296 e. The van der Waals surface area contributed by atoms with Crippen LogP contribution in [0.1, 0.15) is 0 Å². The average molecular weight is 318 g/mol. The first-order chi connectivity index (χ1) is 9.40. The molecule has 0 spiro atoms. The highest BCUT2D eigenvalue weighted by atomic mass is 35.7. The number of hydrogen-bond donors (Lipinski definition) is 0. The van der Waals surface area contributed by atoms with Crippen molar-refractivity contribution in [3.8, 4) is 22.9 Å². The van der Waals surface area contributed by atoms with Crippen molar-refractivity contribution in [2.45, 2.75) is 5.16 Å². The summed E-state index contributed by atoms with van der Waals surface area (Å²) >= 11 is 0. The van der Waals surface area contributed by atoms with Crippen molar-refractivity contribution in [3.05, 3.63) is 18.2 Å². The lowest BCUT2D eigenvalue weighted by Crippen LogP contribution is -2.03. The molecule has 7 nitrogen and oxygen atoms in total. The fraction of sp³-hybridized carbons (Fsp3) is 0.273. The Morgan fingerprint density at radius 1 is 1.20 bits per heavy atom. The molecule has 1 heterocycles. The number of benzene rings is 1. The molecule has 108 valence electrons. The Hall–Kier alpha value is -1.80. The van der Waals surface area contributed by atoms with Crippen LogP contribution >= 0.6 is 10.7 Å². The van der Waals surface area contributed by atoms with Gasteiger partial charge in [0.25, 0.3) is 14.2 Å². The SMILES string of the molecule is COc1cccc(-c2nnc(S(=O)(=O)Cl)n2C)c1OC. The molecule has 0 aliphatic heterocycles. The Morgan fingerprint density at radius 2 is 1.90 bits per heavy atom. The van der Waals surface area contributed by atoms with Crippen LogP contribution in [0.3, 0.4) is 0 Å². The lowest BCUT2D eigenvalue weighted by atomic mass is 10.1. The quantitative estimate of drug-likeness (QED) is 0.793. The largest absolute Gasteiger partial charge is 0.493 e. The topological polar surface area (TPSA) is 83.3 Å². The van der Waals surface area contributed by atoms with Gasteiger partial charge in [-0.2, -0.15) is 0 Å². The maximum absolute atomic E-state index is 11.4. The first kappa shape index (κ1) is 14.6. The van der Waals surface area contributed by atoms with E-state index in [0.29, 0.717) is 22.9 Å². The zero-order valence-corrected chi connectivity index (χ0v) is 12.6. The van der Waals surface area contributed by atoms with Gasteiger partial charge < -0.3 is 9.47 Å². The second-order valence-electron chi connectivity index (χ2n) is 3.84. The van der Waals surface area contributed by atoms with Gasteiger partial charge in [0.05, 0.1) is 19.8 Å². The van der Waals surface area contributed by atoms with Crippen molar-refractivity contribution in [1.29, 1.82) is 0 Å². The molecule has 0 N–H and O–H groups in total. The van der Waals surface area contributed by atoms with Crippen LogP contribution in [-0.2, 0) is 16.1 Å². The standard InChI is InChI=1S/C11H12ClN3O4S/c1-15-10(13-14-11(15)20(12,16)17)7-5-4-6-8(18-2)9(7)19-3/h4-6H,1-3H3. The highest BCUT2D eigenvalue weighted by molar-refractivity contribution is 8.13. The van der Waals surface area contributed by atoms with E-state index in [1.54, 1.807) is 18.2 Å². The van der Waals surface area contributed by atoms with E-state index in [4.69, 9.17) is 20.2 Å². The van der Waals surface area contributed by atoms with Crippen molar-refractivity contribution in [2.24, 2.45) is 7.05 Å². The van der Waals surface area contributed by atoms with Gasteiger partial charge in [-0.3, -0.25) is 4.57 Å². The van der Waals surface area contributed by atoms with Gasteiger partial charge in [0.2, 0.25) is 0 Å². The van der Waals surface area contributed by atoms with Crippen LogP contribution in [0.4, 0.5) is 0 Å². The third kappa shape index (κ3) is 2.44. The summed E-state index contributed by atoms with van der Waals surface area (Å²) < 4.78 is 34.5. The summed E-state index contributed by atoms with van der Waals surface area (Å²) in [5.41, 5.74) is 0.549. The van der Waals surface area contributed by atoms with E-state index in [1.807, 2.05) is 0 Å². The maximum atomic E-state index is 11.4. The number of ether oxygens (including phenoxy) is 2. The predicted molar refractivity (Wildman–Crippen MR) is 72.6 cm³/mol. The highest BCUT2D eigenvalue weighted by Gasteiger charge is 2.23. The zero-order valence-electron chi connectivity index (χ0n) is 11.0. The lowest BCUT2D eigenvalue weighted by Gasteiger charge is -2.11. The molecule has 0 aliphatic carbocycles. The second kappa shape index (κ2) is 5.29.